The van der Waals surface area contributed by atoms with Gasteiger partial charge in [0.05, 0.1) is 11.3 Å². The fourth-order valence-electron chi connectivity index (χ4n) is 5.58. The Hall–Kier alpha value is -4.89. The topological polar surface area (TPSA) is 120 Å². The summed E-state index contributed by atoms with van der Waals surface area (Å²) in [6.45, 7) is 28.0. The fraction of sp³-hybridized carbons (Fsp3) is 0.413. The lowest BCUT2D eigenvalue weighted by Crippen LogP contribution is -2.33. The summed E-state index contributed by atoms with van der Waals surface area (Å²) in [5.74, 6) is 0.472. The van der Waals surface area contributed by atoms with Crippen LogP contribution in [0.15, 0.2) is 78.5 Å². The maximum Gasteiger partial charge on any atom is 0.334 e. The maximum atomic E-state index is 13.4. The van der Waals surface area contributed by atoms with Gasteiger partial charge in [0.25, 0.3) is 0 Å². The first-order valence-electron chi connectivity index (χ1n) is 19.8. The zero-order valence-electron chi connectivity index (χ0n) is 35.6. The molecular formula is C46H63ClFN5O3. The minimum atomic E-state index is -1.06. The Morgan fingerprint density at radius 3 is 2.14 bits per heavy atom. The van der Waals surface area contributed by atoms with Gasteiger partial charge in [0.15, 0.2) is 5.82 Å². The predicted octanol–water partition coefficient (Wildman–Crippen LogP) is 12.3. The van der Waals surface area contributed by atoms with E-state index in [1.54, 1.807) is 19.1 Å². The number of amides is 1. The van der Waals surface area contributed by atoms with Crippen molar-refractivity contribution in [3.05, 3.63) is 123 Å². The van der Waals surface area contributed by atoms with Gasteiger partial charge >= 0.3 is 5.97 Å². The van der Waals surface area contributed by atoms with E-state index in [1.165, 1.54) is 12.5 Å². The molecule has 0 radical (unpaired) electrons. The Balaban J connectivity index is 0.000000827. The third-order valence-electron chi connectivity index (χ3n) is 8.59. The number of halogens is 2. The summed E-state index contributed by atoms with van der Waals surface area (Å²) in [4.78, 5) is 38.8. The minimum absolute atomic E-state index is 0.0972. The lowest BCUT2D eigenvalue weighted by molar-refractivity contribution is -0.143. The molecule has 1 aliphatic heterocycles. The highest BCUT2D eigenvalue weighted by Crippen LogP contribution is 2.45. The Morgan fingerprint density at radius 1 is 1.00 bits per heavy atom. The number of nitrogens with two attached hydrogens (primary N) is 1. The van der Waals surface area contributed by atoms with E-state index in [1.807, 2.05) is 97.0 Å². The normalized spacial score (nSPS) is 13.9. The van der Waals surface area contributed by atoms with Crippen molar-refractivity contribution in [3.8, 4) is 0 Å². The summed E-state index contributed by atoms with van der Waals surface area (Å²) in [6.07, 6.45) is 3.64. The number of aromatic nitrogens is 2. The first-order valence-corrected chi connectivity index (χ1v) is 20.1. The van der Waals surface area contributed by atoms with Crippen LogP contribution in [0.1, 0.15) is 147 Å². The van der Waals surface area contributed by atoms with Crippen molar-refractivity contribution in [2.24, 2.45) is 5.16 Å². The summed E-state index contributed by atoms with van der Waals surface area (Å²) >= 11 is 6.24. The number of nitrogen functional groups attached to an aromatic ring is 1. The highest BCUT2D eigenvalue weighted by atomic mass is 35.5. The van der Waals surface area contributed by atoms with Crippen LogP contribution in [0.2, 0.25) is 5.02 Å². The fourth-order valence-corrected chi connectivity index (χ4v) is 5.76. The molecule has 3 N–H and O–H groups in total. The van der Waals surface area contributed by atoms with Gasteiger partial charge in [0.1, 0.15) is 22.9 Å². The number of benzene rings is 3. The van der Waals surface area contributed by atoms with Crippen LogP contribution in [0.25, 0.3) is 5.57 Å². The third-order valence-corrected chi connectivity index (χ3v) is 8.83. The molecule has 4 aromatic rings. The number of anilines is 2. The number of nitrogens with one attached hydrogen (secondary N) is 1. The van der Waals surface area contributed by atoms with Crippen molar-refractivity contribution in [3.63, 3.8) is 0 Å². The number of oxime groups is 1. The number of hydrogen-bond donors (Lipinski definition) is 2. The van der Waals surface area contributed by atoms with Gasteiger partial charge < -0.3 is 15.9 Å². The number of nitrogens with zero attached hydrogens (tertiary/aromatic N) is 3. The van der Waals surface area contributed by atoms with Crippen LogP contribution in [0.5, 0.6) is 0 Å². The van der Waals surface area contributed by atoms with Gasteiger partial charge in [-0.25, -0.2) is 19.2 Å². The molecule has 0 aliphatic carbocycles. The van der Waals surface area contributed by atoms with Crippen molar-refractivity contribution < 1.29 is 18.8 Å². The van der Waals surface area contributed by atoms with E-state index in [0.29, 0.717) is 40.6 Å². The van der Waals surface area contributed by atoms with Crippen molar-refractivity contribution in [2.45, 2.75) is 127 Å². The zero-order valence-corrected chi connectivity index (χ0v) is 36.3. The van der Waals surface area contributed by atoms with Crippen LogP contribution in [-0.2, 0) is 32.7 Å². The van der Waals surface area contributed by atoms with Gasteiger partial charge in [0.2, 0.25) is 5.91 Å². The molecule has 3 aromatic carbocycles. The molecule has 0 fully saturated rings. The van der Waals surface area contributed by atoms with Crippen LogP contribution in [-0.4, -0.2) is 27.6 Å². The molecule has 0 bridgehead atoms. The second-order valence-corrected chi connectivity index (χ2v) is 13.5. The van der Waals surface area contributed by atoms with Gasteiger partial charge in [-0.15, -0.1) is 0 Å². The Morgan fingerprint density at radius 2 is 1.61 bits per heavy atom. The molecular weight excluding hydrogens is 725 g/mol. The molecule has 0 unspecified atom stereocenters. The van der Waals surface area contributed by atoms with Gasteiger partial charge in [-0.05, 0) is 85.0 Å². The van der Waals surface area contributed by atoms with Gasteiger partial charge in [-0.1, -0.05) is 148 Å². The van der Waals surface area contributed by atoms with Crippen LogP contribution < -0.4 is 11.1 Å². The third kappa shape index (κ3) is 13.1. The number of carbonyl (C=O) groups excluding carboxylic acids is 2. The van der Waals surface area contributed by atoms with Crippen LogP contribution in [0, 0.1) is 5.82 Å². The highest BCUT2D eigenvalue weighted by Gasteiger charge is 2.47. The van der Waals surface area contributed by atoms with E-state index in [4.69, 9.17) is 22.2 Å². The number of rotatable bonds is 10. The summed E-state index contributed by atoms with van der Waals surface area (Å²) in [6, 6.07) is 20.2. The Bertz CT molecular complexity index is 1910. The molecule has 0 spiro atoms. The molecule has 2 heterocycles. The van der Waals surface area contributed by atoms with E-state index < -0.39 is 5.41 Å². The largest absolute Gasteiger partial charge is 0.383 e. The van der Waals surface area contributed by atoms with E-state index in [9.17, 15) is 14.0 Å². The summed E-state index contributed by atoms with van der Waals surface area (Å²) in [5, 5.41) is 7.43. The second-order valence-electron chi connectivity index (χ2n) is 13.1. The average Bonchev–Trinajstić information content (AvgIpc) is 3.47. The maximum absolute atomic E-state index is 13.4. The number of fused-ring (bicyclic) bond motifs is 1. The Kier molecular flexibility index (Phi) is 21.6. The lowest BCUT2D eigenvalue weighted by atomic mass is 9.77. The Labute approximate surface area is 340 Å². The number of carbonyl (C=O) groups is 2. The quantitative estimate of drug-likeness (QED) is 0.0938. The summed E-state index contributed by atoms with van der Waals surface area (Å²) in [7, 11) is 0. The van der Waals surface area contributed by atoms with Crippen LogP contribution >= 0.6 is 11.6 Å². The molecule has 8 nitrogen and oxygen atoms in total. The van der Waals surface area contributed by atoms with E-state index in [0.717, 1.165) is 39.9 Å². The molecule has 1 aromatic heterocycles. The molecule has 10 heteroatoms. The average molecular weight is 788 g/mol. The minimum Gasteiger partial charge on any atom is -0.383 e. The standard InChI is InChI=1S/C31H34ClN5O3.C8H9F.C3H8.2C2H6/c1-7-25(38)40-37-18(4)8-9-20-10-12-21(13-11-20)31(6)26-27(33)34-28(35-29(26)36-30(31)39)19(5)23-15-14-22(32)16-24(23)17(2)3;1-2-7-5-3-4-6-8(7)9;1-3-2;2*1-2/h10-17H,5,7-9H2,1-4,6H3,(H3,33,34,35,36,39);3-6H,2H2,1H3;3H2,1-2H3;2*1-2H3/b37-18+;;;;/t31-;;;;/m0..../s1. The van der Waals surface area contributed by atoms with Crippen molar-refractivity contribution in [2.75, 3.05) is 11.1 Å². The first kappa shape index (κ1) is 49.1. The number of hydrogen-bond acceptors (Lipinski definition) is 7. The molecule has 1 aliphatic rings. The molecule has 0 saturated heterocycles. The van der Waals surface area contributed by atoms with Gasteiger partial charge in [0, 0.05) is 17.0 Å². The molecule has 1 atom stereocenters. The number of aryl methyl sites for hydroxylation is 2. The van der Waals surface area contributed by atoms with Crippen molar-refractivity contribution in [1.82, 2.24) is 9.97 Å². The summed E-state index contributed by atoms with van der Waals surface area (Å²) < 4.78 is 12.6. The van der Waals surface area contributed by atoms with E-state index >= 15 is 0 Å². The molecule has 0 saturated carbocycles. The monoisotopic (exact) mass is 787 g/mol. The second kappa shape index (κ2) is 24.6. The molecule has 304 valence electrons. The van der Waals surface area contributed by atoms with Gasteiger partial charge in [-0.3, -0.25) is 4.79 Å². The first-order chi connectivity index (χ1) is 26.7. The van der Waals surface area contributed by atoms with Gasteiger partial charge in [-0.2, -0.15) is 0 Å². The molecule has 56 heavy (non-hydrogen) atoms. The summed E-state index contributed by atoms with van der Waals surface area (Å²) in [5.41, 5.74) is 11.8. The van der Waals surface area contributed by atoms with Crippen LogP contribution in [0.4, 0.5) is 16.0 Å². The van der Waals surface area contributed by atoms with Crippen molar-refractivity contribution >= 4 is 46.4 Å². The lowest BCUT2D eigenvalue weighted by Gasteiger charge is -2.24. The molecule has 5 rings (SSSR count). The van der Waals surface area contributed by atoms with Crippen molar-refractivity contribution in [1.29, 1.82) is 0 Å². The SMILES string of the molecule is C=C(c1nc(N)c2c(n1)NC(=O)[C@@]2(C)c1ccc(CC/C(C)=N/OC(=O)CC)cc1)c1ccc(Cl)cc1C(C)C.CC.CC.CCC.CCc1ccccc1F. The predicted molar refractivity (Wildman–Crippen MR) is 234 cm³/mol. The van der Waals surface area contributed by atoms with E-state index in [2.05, 4.69) is 54.7 Å². The van der Waals surface area contributed by atoms with E-state index in [-0.39, 0.29) is 35.9 Å². The zero-order chi connectivity index (χ0) is 42.6. The molecule has 1 amide bonds. The van der Waals surface area contributed by atoms with Crippen LogP contribution in [0.3, 0.4) is 0 Å². The highest BCUT2D eigenvalue weighted by molar-refractivity contribution is 6.30. The smallest absolute Gasteiger partial charge is 0.334 e.